The van der Waals surface area contributed by atoms with Crippen molar-refractivity contribution in [3.05, 3.63) is 29.3 Å². The molecule has 0 atom stereocenters. The number of rotatable bonds is 5. The molecule has 0 radical (unpaired) electrons. The molecule has 0 saturated heterocycles. The molecule has 3 nitrogen and oxygen atoms in total. The Hall–Kier alpha value is -1.53. The molecule has 0 aliphatic carbocycles. The van der Waals surface area contributed by atoms with Crippen LogP contribution in [-0.4, -0.2) is 31.6 Å². The molecule has 0 aromatic heterocycles. The Morgan fingerprint density at radius 3 is 3.12 bits per heavy atom. The number of benzene rings is 1. The summed E-state index contributed by atoms with van der Waals surface area (Å²) in [7, 11) is 2.06. The number of fused-ring (bicyclic) bond motifs is 1. The van der Waals surface area contributed by atoms with Crippen LogP contribution in [0.4, 0.5) is 0 Å². The first-order valence-electron chi connectivity index (χ1n) is 6.09. The SMILES string of the molecule is CN(CCC#N)CCc1ccc2c(c1)CCO2. The van der Waals surface area contributed by atoms with Crippen molar-refractivity contribution < 1.29 is 4.74 Å². The Balaban J connectivity index is 1.85. The molecule has 0 fully saturated rings. The first kappa shape index (κ1) is 11.9. The van der Waals surface area contributed by atoms with Crippen LogP contribution >= 0.6 is 0 Å². The number of nitrogens with zero attached hydrogens (tertiary/aromatic N) is 2. The molecule has 3 heteroatoms. The van der Waals surface area contributed by atoms with Crippen molar-refractivity contribution in [2.75, 3.05) is 26.7 Å². The lowest BCUT2D eigenvalue weighted by Gasteiger charge is -2.14. The van der Waals surface area contributed by atoms with Gasteiger partial charge in [0.05, 0.1) is 12.7 Å². The number of hydrogen-bond donors (Lipinski definition) is 0. The Morgan fingerprint density at radius 2 is 2.29 bits per heavy atom. The van der Waals surface area contributed by atoms with E-state index in [0.29, 0.717) is 6.42 Å². The molecular formula is C14H18N2O. The van der Waals surface area contributed by atoms with Gasteiger partial charge < -0.3 is 9.64 Å². The maximum atomic E-state index is 8.52. The molecule has 0 N–H and O–H groups in total. The zero-order chi connectivity index (χ0) is 12.1. The second-order valence-electron chi connectivity index (χ2n) is 4.50. The van der Waals surface area contributed by atoms with Gasteiger partial charge in [0, 0.05) is 25.9 Å². The fourth-order valence-corrected chi connectivity index (χ4v) is 2.07. The molecule has 1 aromatic carbocycles. The van der Waals surface area contributed by atoms with Crippen LogP contribution in [0.1, 0.15) is 17.5 Å². The van der Waals surface area contributed by atoms with E-state index in [1.54, 1.807) is 0 Å². The topological polar surface area (TPSA) is 36.3 Å². The van der Waals surface area contributed by atoms with E-state index in [0.717, 1.165) is 38.3 Å². The lowest BCUT2D eigenvalue weighted by atomic mass is 10.1. The highest BCUT2D eigenvalue weighted by molar-refractivity contribution is 5.39. The second kappa shape index (κ2) is 5.70. The molecule has 1 aromatic rings. The molecule has 1 aliphatic rings. The summed E-state index contributed by atoms with van der Waals surface area (Å²) in [5.74, 6) is 1.05. The summed E-state index contributed by atoms with van der Waals surface area (Å²) >= 11 is 0. The first-order chi connectivity index (χ1) is 8.29. The predicted octanol–water partition coefficient (Wildman–Crippen LogP) is 2.01. The minimum atomic E-state index is 0.606. The zero-order valence-corrected chi connectivity index (χ0v) is 10.3. The minimum absolute atomic E-state index is 0.606. The lowest BCUT2D eigenvalue weighted by molar-refractivity contribution is 0.346. The highest BCUT2D eigenvalue weighted by Gasteiger charge is 2.11. The fraction of sp³-hybridized carbons (Fsp3) is 0.500. The summed E-state index contributed by atoms with van der Waals surface area (Å²) in [6.45, 7) is 2.67. The molecule has 2 rings (SSSR count). The normalized spacial score (nSPS) is 13.2. The predicted molar refractivity (Wildman–Crippen MR) is 67.1 cm³/mol. The summed E-state index contributed by atoms with van der Waals surface area (Å²) in [6, 6.07) is 8.64. The van der Waals surface area contributed by atoms with Gasteiger partial charge in [-0.25, -0.2) is 0 Å². The Labute approximate surface area is 103 Å². The largest absolute Gasteiger partial charge is 0.493 e. The first-order valence-corrected chi connectivity index (χ1v) is 6.09. The van der Waals surface area contributed by atoms with Crippen molar-refractivity contribution in [1.29, 1.82) is 5.26 Å². The van der Waals surface area contributed by atoms with Gasteiger partial charge in [-0.3, -0.25) is 0 Å². The van der Waals surface area contributed by atoms with Gasteiger partial charge in [-0.05, 0) is 30.7 Å². The lowest BCUT2D eigenvalue weighted by Crippen LogP contribution is -2.22. The van der Waals surface area contributed by atoms with Gasteiger partial charge in [0.1, 0.15) is 5.75 Å². The van der Waals surface area contributed by atoms with Crippen molar-refractivity contribution >= 4 is 0 Å². The van der Waals surface area contributed by atoms with E-state index >= 15 is 0 Å². The molecule has 1 heterocycles. The number of likely N-dealkylation sites (N-methyl/N-ethyl adjacent to an activating group) is 1. The maximum absolute atomic E-state index is 8.52. The van der Waals surface area contributed by atoms with Gasteiger partial charge in [0.25, 0.3) is 0 Å². The monoisotopic (exact) mass is 230 g/mol. The van der Waals surface area contributed by atoms with Crippen LogP contribution < -0.4 is 4.74 Å². The number of nitriles is 1. The third-order valence-electron chi connectivity index (χ3n) is 3.14. The van der Waals surface area contributed by atoms with Crippen molar-refractivity contribution in [3.8, 4) is 11.8 Å². The molecule has 0 unspecified atom stereocenters. The highest BCUT2D eigenvalue weighted by Crippen LogP contribution is 2.25. The molecule has 0 spiro atoms. The smallest absolute Gasteiger partial charge is 0.122 e. The minimum Gasteiger partial charge on any atom is -0.493 e. The zero-order valence-electron chi connectivity index (χ0n) is 10.3. The summed E-state index contributed by atoms with van der Waals surface area (Å²) in [5, 5.41) is 8.52. The van der Waals surface area contributed by atoms with Gasteiger partial charge in [-0.15, -0.1) is 0 Å². The van der Waals surface area contributed by atoms with Gasteiger partial charge in [-0.2, -0.15) is 5.26 Å². The van der Waals surface area contributed by atoms with E-state index in [1.807, 2.05) is 0 Å². The molecule has 0 bridgehead atoms. The van der Waals surface area contributed by atoms with Gasteiger partial charge in [0.2, 0.25) is 0 Å². The molecule has 1 aliphatic heterocycles. The summed E-state index contributed by atoms with van der Waals surface area (Å²) in [4.78, 5) is 2.20. The van der Waals surface area contributed by atoms with Crippen LogP contribution in [0.3, 0.4) is 0 Å². The maximum Gasteiger partial charge on any atom is 0.122 e. The van der Waals surface area contributed by atoms with Crippen molar-refractivity contribution in [2.45, 2.75) is 19.3 Å². The average molecular weight is 230 g/mol. The third kappa shape index (κ3) is 3.21. The highest BCUT2D eigenvalue weighted by atomic mass is 16.5. The van der Waals surface area contributed by atoms with Crippen LogP contribution in [0.15, 0.2) is 18.2 Å². The fourth-order valence-electron chi connectivity index (χ4n) is 2.07. The standard InChI is InChI=1S/C14H18N2O/c1-16(8-2-7-15)9-5-12-3-4-14-13(11-12)6-10-17-14/h3-4,11H,2,5-6,8-10H2,1H3. The van der Waals surface area contributed by atoms with E-state index < -0.39 is 0 Å². The quantitative estimate of drug-likeness (QED) is 0.776. The van der Waals surface area contributed by atoms with Crippen LogP contribution in [-0.2, 0) is 12.8 Å². The summed E-state index contributed by atoms with van der Waals surface area (Å²) < 4.78 is 5.49. The molecule has 90 valence electrons. The summed E-state index contributed by atoms with van der Waals surface area (Å²) in [6.07, 6.45) is 2.68. The second-order valence-corrected chi connectivity index (χ2v) is 4.50. The Kier molecular flexibility index (Phi) is 4.00. The third-order valence-corrected chi connectivity index (χ3v) is 3.14. The van der Waals surface area contributed by atoms with E-state index in [1.165, 1.54) is 11.1 Å². The van der Waals surface area contributed by atoms with Gasteiger partial charge >= 0.3 is 0 Å². The van der Waals surface area contributed by atoms with Crippen molar-refractivity contribution in [3.63, 3.8) is 0 Å². The molecule has 17 heavy (non-hydrogen) atoms. The van der Waals surface area contributed by atoms with E-state index in [2.05, 4.69) is 36.2 Å². The average Bonchev–Trinajstić information content (AvgIpc) is 2.81. The molecular weight excluding hydrogens is 212 g/mol. The molecule has 0 amide bonds. The van der Waals surface area contributed by atoms with E-state index in [-0.39, 0.29) is 0 Å². The van der Waals surface area contributed by atoms with Crippen LogP contribution in [0.2, 0.25) is 0 Å². The molecule has 0 saturated carbocycles. The Morgan fingerprint density at radius 1 is 1.41 bits per heavy atom. The van der Waals surface area contributed by atoms with E-state index in [9.17, 15) is 0 Å². The van der Waals surface area contributed by atoms with Crippen LogP contribution in [0.5, 0.6) is 5.75 Å². The van der Waals surface area contributed by atoms with Crippen LogP contribution in [0.25, 0.3) is 0 Å². The van der Waals surface area contributed by atoms with Crippen molar-refractivity contribution in [1.82, 2.24) is 4.90 Å². The van der Waals surface area contributed by atoms with E-state index in [4.69, 9.17) is 10.00 Å². The van der Waals surface area contributed by atoms with Crippen LogP contribution in [0, 0.1) is 11.3 Å². The Bertz CT molecular complexity index is 423. The number of ether oxygens (including phenoxy) is 1. The van der Waals surface area contributed by atoms with Gasteiger partial charge in [-0.1, -0.05) is 12.1 Å². The number of hydrogen-bond acceptors (Lipinski definition) is 3. The summed E-state index contributed by atoms with van der Waals surface area (Å²) in [5.41, 5.74) is 2.69. The van der Waals surface area contributed by atoms with Crippen molar-refractivity contribution in [2.24, 2.45) is 0 Å². The van der Waals surface area contributed by atoms with Gasteiger partial charge in [0.15, 0.2) is 0 Å².